The molecule has 3 heteroatoms. The summed E-state index contributed by atoms with van der Waals surface area (Å²) >= 11 is 5.28. The van der Waals surface area contributed by atoms with E-state index < -0.39 is 6.17 Å². The Hall–Kier alpha value is -0.600. The second kappa shape index (κ2) is 5.95. The topological polar surface area (TPSA) is 9.23 Å². The van der Waals surface area contributed by atoms with Crippen molar-refractivity contribution in [1.82, 2.24) is 0 Å². The molecule has 0 fully saturated rings. The minimum Gasteiger partial charge on any atom is -0.374 e. The lowest BCUT2D eigenvalue weighted by Gasteiger charge is -2.05. The summed E-state index contributed by atoms with van der Waals surface area (Å²) in [6.07, 6.45) is -1.06. The molecule has 0 saturated carbocycles. The third-order valence-corrected chi connectivity index (χ3v) is 1.91. The van der Waals surface area contributed by atoms with Gasteiger partial charge in [-0.2, -0.15) is 0 Å². The molecule has 72 valence electrons. The normalized spacial score (nSPS) is 12.8. The maximum absolute atomic E-state index is 12.6. The summed E-state index contributed by atoms with van der Waals surface area (Å²) in [7, 11) is 0. The molecular weight excluding hydrogens is 191 g/mol. The number of ether oxygens (including phenoxy) is 1. The van der Waals surface area contributed by atoms with Crippen LogP contribution in [0.2, 0.25) is 0 Å². The Bertz CT molecular complexity index is 228. The third kappa shape index (κ3) is 4.25. The Balaban J connectivity index is 2.20. The molecule has 0 aliphatic heterocycles. The molecule has 13 heavy (non-hydrogen) atoms. The average Bonchev–Trinajstić information content (AvgIpc) is 2.19. The number of benzene rings is 1. The molecule has 1 aromatic carbocycles. The highest BCUT2D eigenvalue weighted by Gasteiger charge is 2.03. The maximum Gasteiger partial charge on any atom is 0.137 e. The fraction of sp³-hybridized carbons (Fsp3) is 0.400. The van der Waals surface area contributed by atoms with Crippen LogP contribution in [0.15, 0.2) is 30.3 Å². The third-order valence-electron chi connectivity index (χ3n) is 1.58. The van der Waals surface area contributed by atoms with Crippen molar-refractivity contribution in [2.45, 2.75) is 12.8 Å². The van der Waals surface area contributed by atoms with Crippen molar-refractivity contribution >= 4 is 11.6 Å². The summed E-state index contributed by atoms with van der Waals surface area (Å²) in [4.78, 5) is 0. The first kappa shape index (κ1) is 10.5. The van der Waals surface area contributed by atoms with Gasteiger partial charge in [-0.1, -0.05) is 30.3 Å². The fourth-order valence-corrected chi connectivity index (χ4v) is 1.01. The Morgan fingerprint density at radius 1 is 1.31 bits per heavy atom. The highest BCUT2D eigenvalue weighted by molar-refractivity contribution is 6.18. The zero-order valence-corrected chi connectivity index (χ0v) is 8.01. The maximum atomic E-state index is 12.6. The van der Waals surface area contributed by atoms with Gasteiger partial charge >= 0.3 is 0 Å². The van der Waals surface area contributed by atoms with Gasteiger partial charge in [-0.15, -0.1) is 11.6 Å². The van der Waals surface area contributed by atoms with Crippen molar-refractivity contribution in [2.24, 2.45) is 0 Å². The van der Waals surface area contributed by atoms with Crippen molar-refractivity contribution in [3.63, 3.8) is 0 Å². The highest BCUT2D eigenvalue weighted by Crippen LogP contribution is 2.02. The van der Waals surface area contributed by atoms with Crippen LogP contribution in [-0.2, 0) is 11.3 Å². The van der Waals surface area contributed by atoms with Gasteiger partial charge in [-0.25, -0.2) is 4.39 Å². The number of alkyl halides is 2. The zero-order valence-electron chi connectivity index (χ0n) is 7.25. The smallest absolute Gasteiger partial charge is 0.137 e. The lowest BCUT2D eigenvalue weighted by Crippen LogP contribution is -2.11. The summed E-state index contributed by atoms with van der Waals surface area (Å²) in [5, 5.41) is 0. The highest BCUT2D eigenvalue weighted by atomic mass is 35.5. The lowest BCUT2D eigenvalue weighted by molar-refractivity contribution is 0.0774. The lowest BCUT2D eigenvalue weighted by atomic mass is 10.2. The van der Waals surface area contributed by atoms with Crippen molar-refractivity contribution in [1.29, 1.82) is 0 Å². The molecule has 0 N–H and O–H groups in total. The van der Waals surface area contributed by atoms with E-state index in [1.807, 2.05) is 30.3 Å². The van der Waals surface area contributed by atoms with Crippen LogP contribution in [0, 0.1) is 0 Å². The first-order valence-electron chi connectivity index (χ1n) is 4.14. The Morgan fingerprint density at radius 3 is 2.62 bits per heavy atom. The largest absolute Gasteiger partial charge is 0.374 e. The number of halogens is 2. The molecule has 0 aliphatic rings. The number of hydrogen-bond donors (Lipinski definition) is 0. The van der Waals surface area contributed by atoms with E-state index in [9.17, 15) is 4.39 Å². The molecule has 1 rings (SSSR count). The molecule has 1 aromatic rings. The van der Waals surface area contributed by atoms with Crippen LogP contribution in [-0.4, -0.2) is 18.7 Å². The summed E-state index contributed by atoms with van der Waals surface area (Å²) in [6.45, 7) is 0.510. The van der Waals surface area contributed by atoms with E-state index in [0.717, 1.165) is 5.56 Å². The van der Waals surface area contributed by atoms with E-state index in [0.29, 0.717) is 6.61 Å². The van der Waals surface area contributed by atoms with E-state index in [2.05, 4.69) is 0 Å². The minimum atomic E-state index is -1.06. The predicted molar refractivity (Wildman–Crippen MR) is 51.7 cm³/mol. The van der Waals surface area contributed by atoms with Gasteiger partial charge in [0.15, 0.2) is 0 Å². The van der Waals surface area contributed by atoms with Crippen molar-refractivity contribution in [3.05, 3.63) is 35.9 Å². The molecule has 0 heterocycles. The van der Waals surface area contributed by atoms with Gasteiger partial charge in [-0.3, -0.25) is 0 Å². The zero-order chi connectivity index (χ0) is 9.52. The standard InChI is InChI=1S/C10H12ClFO/c11-6-10(12)8-13-7-9-4-2-1-3-5-9/h1-5,10H,6-8H2. The van der Waals surface area contributed by atoms with Crippen molar-refractivity contribution in [3.8, 4) is 0 Å². The predicted octanol–water partition coefficient (Wildman–Crippen LogP) is 2.78. The van der Waals surface area contributed by atoms with Gasteiger partial charge in [0.05, 0.1) is 19.1 Å². The minimum absolute atomic E-state index is 0.00517. The van der Waals surface area contributed by atoms with E-state index in [-0.39, 0.29) is 12.5 Å². The van der Waals surface area contributed by atoms with Gasteiger partial charge in [0.1, 0.15) is 6.17 Å². The Morgan fingerprint density at radius 2 is 2.00 bits per heavy atom. The Kier molecular flexibility index (Phi) is 4.79. The van der Waals surface area contributed by atoms with Crippen LogP contribution in [0.25, 0.3) is 0 Å². The fourth-order valence-electron chi connectivity index (χ4n) is 0.923. The van der Waals surface area contributed by atoms with E-state index >= 15 is 0 Å². The molecule has 0 radical (unpaired) electrons. The average molecular weight is 203 g/mol. The quantitative estimate of drug-likeness (QED) is 0.668. The second-order valence-electron chi connectivity index (χ2n) is 2.75. The van der Waals surface area contributed by atoms with Crippen LogP contribution < -0.4 is 0 Å². The van der Waals surface area contributed by atoms with Crippen LogP contribution in [0.3, 0.4) is 0 Å². The van der Waals surface area contributed by atoms with Crippen molar-refractivity contribution in [2.75, 3.05) is 12.5 Å². The molecule has 0 aromatic heterocycles. The molecule has 1 atom stereocenters. The molecule has 0 amide bonds. The van der Waals surface area contributed by atoms with Crippen molar-refractivity contribution < 1.29 is 9.13 Å². The molecule has 1 nitrogen and oxygen atoms in total. The summed E-state index contributed by atoms with van der Waals surface area (Å²) < 4.78 is 17.7. The first-order chi connectivity index (χ1) is 6.33. The van der Waals surface area contributed by atoms with E-state index in [4.69, 9.17) is 16.3 Å². The van der Waals surface area contributed by atoms with Gasteiger partial charge < -0.3 is 4.74 Å². The van der Waals surface area contributed by atoms with Gasteiger partial charge in [-0.05, 0) is 5.56 Å². The summed E-state index contributed by atoms with van der Waals surface area (Å²) in [5.41, 5.74) is 1.05. The van der Waals surface area contributed by atoms with Crippen LogP contribution in [0.4, 0.5) is 4.39 Å². The number of hydrogen-bond acceptors (Lipinski definition) is 1. The van der Waals surface area contributed by atoms with Gasteiger partial charge in [0.25, 0.3) is 0 Å². The Labute approximate surface area is 82.5 Å². The SMILES string of the molecule is FC(CCl)COCc1ccccc1. The van der Waals surface area contributed by atoms with Crippen LogP contribution in [0.5, 0.6) is 0 Å². The summed E-state index contributed by atoms with van der Waals surface area (Å²) in [5.74, 6) is -0.00517. The molecule has 0 saturated heterocycles. The van der Waals surface area contributed by atoms with E-state index in [1.165, 1.54) is 0 Å². The van der Waals surface area contributed by atoms with Gasteiger partial charge in [0.2, 0.25) is 0 Å². The molecule has 0 aliphatic carbocycles. The van der Waals surface area contributed by atoms with Gasteiger partial charge in [0, 0.05) is 0 Å². The molecule has 0 bridgehead atoms. The molecule has 1 unspecified atom stereocenters. The molecular formula is C10H12ClFO. The second-order valence-corrected chi connectivity index (χ2v) is 3.06. The van der Waals surface area contributed by atoms with Crippen LogP contribution >= 0.6 is 11.6 Å². The number of rotatable bonds is 5. The summed E-state index contributed by atoms with van der Waals surface area (Å²) in [6, 6.07) is 9.66. The van der Waals surface area contributed by atoms with E-state index in [1.54, 1.807) is 0 Å². The molecule has 0 spiro atoms. The van der Waals surface area contributed by atoms with Crippen LogP contribution in [0.1, 0.15) is 5.56 Å². The first-order valence-corrected chi connectivity index (χ1v) is 4.68. The monoisotopic (exact) mass is 202 g/mol.